The van der Waals surface area contributed by atoms with Crippen molar-refractivity contribution in [2.45, 2.75) is 65.6 Å². The second-order valence-corrected chi connectivity index (χ2v) is 10.9. The Kier molecular flexibility index (Phi) is 8.24. The van der Waals surface area contributed by atoms with Crippen LogP contribution in [-0.2, 0) is 16.1 Å². The van der Waals surface area contributed by atoms with E-state index >= 15 is 0 Å². The van der Waals surface area contributed by atoms with Gasteiger partial charge in [-0.3, -0.25) is 24.1 Å². The third-order valence-electron chi connectivity index (χ3n) is 5.58. The first-order valence-corrected chi connectivity index (χ1v) is 12.3. The molecule has 0 aliphatic carbocycles. The number of hydrogen-bond acceptors (Lipinski definition) is 6. The van der Waals surface area contributed by atoms with Crippen LogP contribution in [0.5, 0.6) is 0 Å². The fourth-order valence-electron chi connectivity index (χ4n) is 3.86. The fraction of sp³-hybridized carbons (Fsp3) is 0.393. The number of ether oxygens (including phenoxy) is 1. The van der Waals surface area contributed by atoms with Gasteiger partial charge < -0.3 is 20.7 Å². The van der Waals surface area contributed by atoms with Gasteiger partial charge in [-0.05, 0) is 71.4 Å². The summed E-state index contributed by atoms with van der Waals surface area (Å²) in [5, 5.41) is 8.11. The molecule has 0 unspecified atom stereocenters. The predicted octanol–water partition coefficient (Wildman–Crippen LogP) is 3.86. The maximum absolute atomic E-state index is 13.0. The van der Waals surface area contributed by atoms with E-state index < -0.39 is 29.0 Å². The van der Waals surface area contributed by atoms with Gasteiger partial charge in [0.1, 0.15) is 5.60 Å². The van der Waals surface area contributed by atoms with Gasteiger partial charge in [0.15, 0.2) is 0 Å². The zero-order valence-corrected chi connectivity index (χ0v) is 22.6. The number of amides is 5. The maximum Gasteiger partial charge on any atom is 0.407 e. The van der Waals surface area contributed by atoms with Crippen LogP contribution in [0.3, 0.4) is 0 Å². The van der Waals surface area contributed by atoms with Gasteiger partial charge in [-0.25, -0.2) is 4.79 Å². The van der Waals surface area contributed by atoms with Crippen LogP contribution in [0.2, 0.25) is 0 Å². The molecule has 5 amide bonds. The Bertz CT molecular complexity index is 1270. The molecular weight excluding hydrogens is 488 g/mol. The lowest BCUT2D eigenvalue weighted by Gasteiger charge is -2.29. The van der Waals surface area contributed by atoms with Crippen molar-refractivity contribution in [1.82, 2.24) is 15.5 Å². The minimum atomic E-state index is -0.690. The molecule has 2 aromatic rings. The number of nitrogens with one attached hydrogen (secondary N) is 3. The number of carbonyl (C=O) groups is 5. The Morgan fingerprint density at radius 1 is 0.868 bits per heavy atom. The molecule has 202 valence electrons. The maximum atomic E-state index is 13.0. The van der Waals surface area contributed by atoms with E-state index in [1.54, 1.807) is 65.8 Å². The van der Waals surface area contributed by atoms with Crippen molar-refractivity contribution in [3.8, 4) is 0 Å². The molecular formula is C28H34N4O6. The number of benzene rings is 2. The highest BCUT2D eigenvalue weighted by atomic mass is 16.6. The predicted molar refractivity (Wildman–Crippen MR) is 142 cm³/mol. The summed E-state index contributed by atoms with van der Waals surface area (Å²) < 4.78 is 5.13. The lowest BCUT2D eigenvalue weighted by atomic mass is 10.0. The third-order valence-corrected chi connectivity index (χ3v) is 5.58. The summed E-state index contributed by atoms with van der Waals surface area (Å²) in [6.45, 7) is 10.8. The number of alkyl carbamates (subject to hydrolysis) is 1. The van der Waals surface area contributed by atoms with Crippen molar-refractivity contribution in [3.63, 3.8) is 0 Å². The van der Waals surface area contributed by atoms with E-state index in [1.165, 1.54) is 23.1 Å². The molecule has 1 aliphatic rings. The van der Waals surface area contributed by atoms with Crippen molar-refractivity contribution in [1.29, 1.82) is 0 Å². The summed E-state index contributed by atoms with van der Waals surface area (Å²) >= 11 is 0. The number of imide groups is 1. The minimum Gasteiger partial charge on any atom is -0.444 e. The van der Waals surface area contributed by atoms with E-state index in [2.05, 4.69) is 16.0 Å². The summed E-state index contributed by atoms with van der Waals surface area (Å²) in [6, 6.07) is 11.4. The van der Waals surface area contributed by atoms with Gasteiger partial charge in [-0.1, -0.05) is 18.2 Å². The quantitative estimate of drug-likeness (QED) is 0.473. The van der Waals surface area contributed by atoms with Crippen molar-refractivity contribution >= 4 is 35.4 Å². The molecule has 0 atom stereocenters. The molecule has 10 nitrogen and oxygen atoms in total. The molecule has 2 aromatic carbocycles. The van der Waals surface area contributed by atoms with Crippen LogP contribution in [0.4, 0.5) is 10.5 Å². The van der Waals surface area contributed by atoms with Crippen molar-refractivity contribution in [2.24, 2.45) is 0 Å². The highest BCUT2D eigenvalue weighted by molar-refractivity contribution is 6.22. The molecule has 0 spiro atoms. The number of carbonyl (C=O) groups excluding carboxylic acids is 5. The number of hydrogen-bond donors (Lipinski definition) is 3. The Hall–Kier alpha value is -4.21. The number of nitrogens with zero attached hydrogens (tertiary/aromatic N) is 1. The molecule has 0 fully saturated rings. The number of para-hydroxylation sites is 1. The van der Waals surface area contributed by atoms with Crippen LogP contribution in [0, 0.1) is 0 Å². The summed E-state index contributed by atoms with van der Waals surface area (Å²) in [4.78, 5) is 63.7. The molecule has 0 radical (unpaired) electrons. The highest BCUT2D eigenvalue weighted by Gasteiger charge is 2.42. The van der Waals surface area contributed by atoms with Gasteiger partial charge in [0.2, 0.25) is 5.91 Å². The van der Waals surface area contributed by atoms with E-state index in [0.29, 0.717) is 11.3 Å². The molecule has 1 heterocycles. The molecule has 10 heteroatoms. The molecule has 3 rings (SSSR count). The lowest BCUT2D eigenvalue weighted by Crippen LogP contribution is -2.45. The van der Waals surface area contributed by atoms with Gasteiger partial charge in [-0.2, -0.15) is 0 Å². The van der Waals surface area contributed by atoms with Crippen molar-refractivity contribution < 1.29 is 28.7 Å². The number of rotatable bonds is 7. The Labute approximate surface area is 222 Å². The molecule has 3 N–H and O–H groups in total. The summed E-state index contributed by atoms with van der Waals surface area (Å²) in [6.07, 6.45) is -0.539. The van der Waals surface area contributed by atoms with E-state index in [1.807, 2.05) is 0 Å². The lowest BCUT2D eigenvalue weighted by molar-refractivity contribution is -0.121. The Morgan fingerprint density at radius 2 is 1.53 bits per heavy atom. The smallest absolute Gasteiger partial charge is 0.407 e. The van der Waals surface area contributed by atoms with Gasteiger partial charge >= 0.3 is 6.09 Å². The molecule has 38 heavy (non-hydrogen) atoms. The van der Waals surface area contributed by atoms with Crippen molar-refractivity contribution in [2.75, 3.05) is 11.9 Å². The van der Waals surface area contributed by atoms with E-state index in [-0.39, 0.29) is 48.0 Å². The van der Waals surface area contributed by atoms with Crippen LogP contribution in [0.1, 0.15) is 84.6 Å². The van der Waals surface area contributed by atoms with Crippen molar-refractivity contribution in [3.05, 3.63) is 64.7 Å². The topological polar surface area (TPSA) is 134 Å². The van der Waals surface area contributed by atoms with Crippen LogP contribution in [0.25, 0.3) is 0 Å². The molecule has 1 aliphatic heterocycles. The zero-order valence-electron chi connectivity index (χ0n) is 22.6. The first-order chi connectivity index (χ1) is 17.7. The summed E-state index contributed by atoms with van der Waals surface area (Å²) in [7, 11) is 0. The van der Waals surface area contributed by atoms with Gasteiger partial charge in [0, 0.05) is 36.3 Å². The summed E-state index contributed by atoms with van der Waals surface area (Å²) in [5.41, 5.74) is 0.534. The SMILES string of the molecule is CC(C)(C)OC(=O)NCCC(=O)NCc1ccccc1NC(=O)c1ccc2c(c1)C(=O)N(C(C)(C)C)C2=O. The van der Waals surface area contributed by atoms with E-state index in [9.17, 15) is 24.0 Å². The van der Waals surface area contributed by atoms with Crippen LogP contribution in [-0.4, -0.2) is 52.3 Å². The fourth-order valence-corrected chi connectivity index (χ4v) is 3.86. The first kappa shape index (κ1) is 28.4. The number of fused-ring (bicyclic) bond motifs is 1. The average Bonchev–Trinajstić information content (AvgIpc) is 3.06. The molecule has 0 saturated heterocycles. The normalized spacial score (nSPS) is 13.2. The summed E-state index contributed by atoms with van der Waals surface area (Å²) in [5.74, 6) is -1.56. The molecule has 0 saturated carbocycles. The standard InChI is InChI=1S/C28H34N4O6/c1-27(2,3)32-24(35)19-12-11-17(15-20(19)25(32)36)23(34)31-21-10-8-7-9-18(21)16-30-22(33)13-14-29-26(37)38-28(4,5)6/h7-12,15H,13-14,16H2,1-6H3,(H,29,37)(H,30,33)(H,31,34). The van der Waals surface area contributed by atoms with Gasteiger partial charge in [-0.15, -0.1) is 0 Å². The molecule has 0 aromatic heterocycles. The Morgan fingerprint density at radius 3 is 2.18 bits per heavy atom. The van der Waals surface area contributed by atoms with E-state index in [0.717, 1.165) is 0 Å². The van der Waals surface area contributed by atoms with Gasteiger partial charge in [0.25, 0.3) is 17.7 Å². The average molecular weight is 523 g/mol. The van der Waals surface area contributed by atoms with Crippen LogP contribution < -0.4 is 16.0 Å². The highest BCUT2D eigenvalue weighted by Crippen LogP contribution is 2.30. The van der Waals surface area contributed by atoms with Crippen LogP contribution >= 0.6 is 0 Å². The van der Waals surface area contributed by atoms with Gasteiger partial charge in [0.05, 0.1) is 11.1 Å². The number of anilines is 1. The molecule has 0 bridgehead atoms. The van der Waals surface area contributed by atoms with E-state index in [4.69, 9.17) is 4.74 Å². The minimum absolute atomic E-state index is 0.0568. The third kappa shape index (κ3) is 6.96. The first-order valence-electron chi connectivity index (χ1n) is 12.3. The largest absolute Gasteiger partial charge is 0.444 e. The monoisotopic (exact) mass is 522 g/mol. The van der Waals surface area contributed by atoms with Crippen LogP contribution in [0.15, 0.2) is 42.5 Å². The zero-order chi connectivity index (χ0) is 28.3. The second-order valence-electron chi connectivity index (χ2n) is 10.9. The Balaban J connectivity index is 1.61. The second kappa shape index (κ2) is 11.0.